The van der Waals surface area contributed by atoms with Crippen LogP contribution in [0.2, 0.25) is 0 Å². The first-order valence-corrected chi connectivity index (χ1v) is 11.6. The maximum atomic E-state index is 13.1. The number of Topliss-reactive ketones (excluding diaryl/α,β-unsaturated/α-hetero) is 1. The average Bonchev–Trinajstić information content (AvgIpc) is 3.36. The first kappa shape index (κ1) is 22.8. The fraction of sp³-hybridized carbons (Fsp3) is 0.304. The number of carbonyl (C=O) groups is 3. The molecule has 1 aromatic carbocycles. The van der Waals surface area contributed by atoms with E-state index in [0.29, 0.717) is 27.1 Å². The number of ketones is 1. The third kappa shape index (κ3) is 5.86. The highest BCUT2D eigenvalue weighted by Gasteiger charge is 2.25. The Labute approximate surface area is 189 Å². The minimum Gasteiger partial charge on any atom is -0.462 e. The van der Waals surface area contributed by atoms with Crippen molar-refractivity contribution in [2.45, 2.75) is 40.2 Å². The van der Waals surface area contributed by atoms with Crippen LogP contribution in [0.1, 0.15) is 55.2 Å². The number of amides is 1. The molecule has 0 radical (unpaired) electrons. The fourth-order valence-electron chi connectivity index (χ4n) is 2.98. The zero-order chi connectivity index (χ0) is 22.4. The van der Waals surface area contributed by atoms with Crippen LogP contribution in [0.3, 0.4) is 0 Å². The number of aromatic nitrogens is 1. The summed E-state index contributed by atoms with van der Waals surface area (Å²) in [5, 5.41) is 0.425. The fourth-order valence-corrected chi connectivity index (χ4v) is 4.79. The molecule has 0 unspecified atom stereocenters. The summed E-state index contributed by atoms with van der Waals surface area (Å²) >= 11 is 2.57. The Morgan fingerprint density at radius 2 is 1.74 bits per heavy atom. The standard InChI is InChI=1S/C23H24N2O4S2/c1-4-29-22(28)21-16(3)24-23(31-21)25(14-17-8-6-5-7-9-17)20(27)13-11-18(26)19-12-10-15(2)30-19/h5-10,12H,4,11,13-14H2,1-3H3. The Kier molecular flexibility index (Phi) is 7.70. The molecule has 162 valence electrons. The van der Waals surface area contributed by atoms with Crippen LogP contribution in [0.25, 0.3) is 0 Å². The van der Waals surface area contributed by atoms with E-state index in [-0.39, 0.29) is 31.1 Å². The van der Waals surface area contributed by atoms with E-state index in [9.17, 15) is 14.4 Å². The molecule has 0 bridgehead atoms. The number of esters is 1. The second-order valence-electron chi connectivity index (χ2n) is 6.93. The van der Waals surface area contributed by atoms with Crippen molar-refractivity contribution in [3.05, 3.63) is 68.4 Å². The van der Waals surface area contributed by atoms with Crippen LogP contribution in [-0.4, -0.2) is 29.3 Å². The number of nitrogens with zero attached hydrogens (tertiary/aromatic N) is 2. The highest BCUT2D eigenvalue weighted by Crippen LogP contribution is 2.29. The molecular formula is C23H24N2O4S2. The number of carbonyl (C=O) groups excluding carboxylic acids is 3. The van der Waals surface area contributed by atoms with E-state index in [1.807, 2.05) is 43.3 Å². The molecule has 2 aromatic heterocycles. The van der Waals surface area contributed by atoms with Crippen molar-refractivity contribution in [2.24, 2.45) is 0 Å². The summed E-state index contributed by atoms with van der Waals surface area (Å²) < 4.78 is 5.10. The molecule has 0 atom stereocenters. The lowest BCUT2D eigenvalue weighted by Gasteiger charge is -2.20. The van der Waals surface area contributed by atoms with Crippen molar-refractivity contribution in [2.75, 3.05) is 11.5 Å². The number of thiazole rings is 1. The summed E-state index contributed by atoms with van der Waals surface area (Å²) in [6.07, 6.45) is 0.190. The number of rotatable bonds is 9. The van der Waals surface area contributed by atoms with E-state index < -0.39 is 5.97 Å². The number of hydrogen-bond donors (Lipinski definition) is 0. The highest BCUT2D eigenvalue weighted by atomic mass is 32.1. The third-order valence-corrected chi connectivity index (χ3v) is 6.74. The van der Waals surface area contributed by atoms with Crippen LogP contribution in [0.15, 0.2) is 42.5 Å². The Morgan fingerprint density at radius 3 is 2.39 bits per heavy atom. The van der Waals surface area contributed by atoms with Crippen LogP contribution < -0.4 is 4.90 Å². The molecule has 31 heavy (non-hydrogen) atoms. The van der Waals surface area contributed by atoms with E-state index in [1.165, 1.54) is 11.3 Å². The van der Waals surface area contributed by atoms with Gasteiger partial charge in [-0.25, -0.2) is 9.78 Å². The number of hydrogen-bond acceptors (Lipinski definition) is 7. The topological polar surface area (TPSA) is 76.6 Å². The first-order valence-electron chi connectivity index (χ1n) is 9.97. The highest BCUT2D eigenvalue weighted by molar-refractivity contribution is 7.17. The number of benzene rings is 1. The molecule has 0 aliphatic carbocycles. The quantitative estimate of drug-likeness (QED) is 0.327. The van der Waals surface area contributed by atoms with Gasteiger partial charge in [-0.05, 0) is 38.5 Å². The Bertz CT molecular complexity index is 1070. The monoisotopic (exact) mass is 456 g/mol. The van der Waals surface area contributed by atoms with Crippen LogP contribution in [-0.2, 0) is 16.1 Å². The van der Waals surface area contributed by atoms with Crippen LogP contribution in [0, 0.1) is 13.8 Å². The van der Waals surface area contributed by atoms with Gasteiger partial charge in [-0.3, -0.25) is 14.5 Å². The van der Waals surface area contributed by atoms with Crippen LogP contribution in [0.4, 0.5) is 5.13 Å². The summed E-state index contributed by atoms with van der Waals surface area (Å²) in [6, 6.07) is 13.2. The number of aryl methyl sites for hydroxylation is 2. The minimum absolute atomic E-state index is 0.0476. The van der Waals surface area contributed by atoms with Gasteiger partial charge in [0.2, 0.25) is 5.91 Å². The van der Waals surface area contributed by atoms with E-state index >= 15 is 0 Å². The Morgan fingerprint density at radius 1 is 1.00 bits per heavy atom. The van der Waals surface area contributed by atoms with Gasteiger partial charge in [0.1, 0.15) is 4.88 Å². The minimum atomic E-state index is -0.445. The lowest BCUT2D eigenvalue weighted by atomic mass is 10.1. The van der Waals surface area contributed by atoms with Gasteiger partial charge in [0, 0.05) is 17.7 Å². The predicted octanol–water partition coefficient (Wildman–Crippen LogP) is 5.19. The molecule has 0 N–H and O–H groups in total. The largest absolute Gasteiger partial charge is 0.462 e. The maximum Gasteiger partial charge on any atom is 0.350 e. The molecule has 0 fully saturated rings. The van der Waals surface area contributed by atoms with Crippen molar-refractivity contribution in [1.29, 1.82) is 0 Å². The molecule has 0 saturated carbocycles. The average molecular weight is 457 g/mol. The van der Waals surface area contributed by atoms with Crippen molar-refractivity contribution in [1.82, 2.24) is 4.98 Å². The van der Waals surface area contributed by atoms with Crippen molar-refractivity contribution < 1.29 is 19.1 Å². The SMILES string of the molecule is CCOC(=O)c1sc(N(Cc2ccccc2)C(=O)CCC(=O)c2ccc(C)s2)nc1C. The Balaban J connectivity index is 1.81. The van der Waals surface area contributed by atoms with Crippen LogP contribution >= 0.6 is 22.7 Å². The molecule has 6 nitrogen and oxygen atoms in total. The summed E-state index contributed by atoms with van der Waals surface area (Å²) in [4.78, 5) is 45.9. The van der Waals surface area contributed by atoms with E-state index in [4.69, 9.17) is 4.74 Å². The third-order valence-electron chi connectivity index (χ3n) is 4.54. The predicted molar refractivity (Wildman–Crippen MR) is 123 cm³/mol. The summed E-state index contributed by atoms with van der Waals surface area (Å²) in [7, 11) is 0. The molecule has 3 aromatic rings. The van der Waals surface area contributed by atoms with Crippen molar-refractivity contribution >= 4 is 45.5 Å². The summed E-state index contributed by atoms with van der Waals surface area (Å²) in [6.45, 7) is 5.98. The van der Waals surface area contributed by atoms with Crippen molar-refractivity contribution in [3.8, 4) is 0 Å². The number of ether oxygens (including phenoxy) is 1. The van der Waals surface area contributed by atoms with Gasteiger partial charge in [-0.15, -0.1) is 11.3 Å². The molecule has 2 heterocycles. The molecule has 0 aliphatic rings. The molecule has 0 spiro atoms. The van der Waals surface area contributed by atoms with E-state index in [0.717, 1.165) is 21.8 Å². The lowest BCUT2D eigenvalue weighted by Crippen LogP contribution is -2.30. The molecule has 8 heteroatoms. The molecule has 3 rings (SSSR count). The van der Waals surface area contributed by atoms with Crippen molar-refractivity contribution in [3.63, 3.8) is 0 Å². The zero-order valence-corrected chi connectivity index (χ0v) is 19.3. The molecule has 0 aliphatic heterocycles. The zero-order valence-electron chi connectivity index (χ0n) is 17.7. The van der Waals surface area contributed by atoms with Gasteiger partial charge in [-0.1, -0.05) is 41.7 Å². The van der Waals surface area contributed by atoms with Gasteiger partial charge in [0.15, 0.2) is 10.9 Å². The number of thiophene rings is 1. The number of anilines is 1. The van der Waals surface area contributed by atoms with Gasteiger partial charge in [0.05, 0.1) is 23.7 Å². The maximum absolute atomic E-state index is 13.1. The van der Waals surface area contributed by atoms with Gasteiger partial charge in [0.25, 0.3) is 0 Å². The Hall–Kier alpha value is -2.84. The molecular weight excluding hydrogens is 432 g/mol. The van der Waals surface area contributed by atoms with Crippen LogP contribution in [0.5, 0.6) is 0 Å². The molecule has 1 amide bonds. The lowest BCUT2D eigenvalue weighted by molar-refractivity contribution is -0.118. The van der Waals surface area contributed by atoms with Gasteiger partial charge < -0.3 is 4.74 Å². The van der Waals surface area contributed by atoms with E-state index in [2.05, 4.69) is 4.98 Å². The molecule has 0 saturated heterocycles. The van der Waals surface area contributed by atoms with Gasteiger partial charge >= 0.3 is 5.97 Å². The van der Waals surface area contributed by atoms with Gasteiger partial charge in [-0.2, -0.15) is 0 Å². The summed E-state index contributed by atoms with van der Waals surface area (Å²) in [5.74, 6) is -0.706. The smallest absolute Gasteiger partial charge is 0.350 e. The second-order valence-corrected chi connectivity index (χ2v) is 9.20. The normalized spacial score (nSPS) is 10.7. The van der Waals surface area contributed by atoms with E-state index in [1.54, 1.807) is 24.8 Å². The summed E-state index contributed by atoms with van der Waals surface area (Å²) in [5.41, 5.74) is 1.45. The second kappa shape index (κ2) is 10.5. The first-order chi connectivity index (χ1) is 14.9.